The molecule has 2 saturated carbocycles. The summed E-state index contributed by atoms with van der Waals surface area (Å²) < 4.78 is 1.75. The maximum absolute atomic E-state index is 10.9. The van der Waals surface area contributed by atoms with Gasteiger partial charge in [0.15, 0.2) is 5.82 Å². The van der Waals surface area contributed by atoms with Crippen molar-refractivity contribution in [1.82, 2.24) is 14.8 Å². The van der Waals surface area contributed by atoms with E-state index in [1.54, 1.807) is 11.0 Å². The summed E-state index contributed by atoms with van der Waals surface area (Å²) in [5, 5.41) is 13.3. The Bertz CT molecular complexity index is 397. The van der Waals surface area contributed by atoms with E-state index >= 15 is 0 Å². The van der Waals surface area contributed by atoms with Crippen LogP contribution in [0.25, 0.3) is 0 Å². The average Bonchev–Trinajstić information content (AvgIpc) is 2.85. The summed E-state index contributed by atoms with van der Waals surface area (Å²) >= 11 is 0. The molecule has 0 aliphatic heterocycles. The van der Waals surface area contributed by atoms with E-state index in [0.717, 1.165) is 18.7 Å². The lowest BCUT2D eigenvalue weighted by molar-refractivity contribution is -0.147. The third-order valence-electron chi connectivity index (χ3n) is 3.36. The first kappa shape index (κ1) is 8.88. The molecule has 0 aromatic carbocycles. The lowest BCUT2D eigenvalue weighted by Crippen LogP contribution is -2.35. The highest BCUT2D eigenvalue weighted by Crippen LogP contribution is 2.40. The van der Waals surface area contributed by atoms with Gasteiger partial charge in [0.1, 0.15) is 6.33 Å². The zero-order valence-corrected chi connectivity index (χ0v) is 8.33. The Morgan fingerprint density at radius 2 is 2.20 bits per heavy atom. The van der Waals surface area contributed by atoms with Gasteiger partial charge in [-0.2, -0.15) is 5.10 Å². The van der Waals surface area contributed by atoms with Crippen molar-refractivity contribution in [3.05, 3.63) is 12.2 Å². The van der Waals surface area contributed by atoms with E-state index in [1.807, 2.05) is 0 Å². The first-order valence-electron chi connectivity index (χ1n) is 5.39. The van der Waals surface area contributed by atoms with Gasteiger partial charge in [-0.05, 0) is 25.7 Å². The normalized spacial score (nSPS) is 29.9. The van der Waals surface area contributed by atoms with Gasteiger partial charge in [0.2, 0.25) is 0 Å². The monoisotopic (exact) mass is 207 g/mol. The lowest BCUT2D eigenvalue weighted by Gasteiger charge is -2.32. The number of hydrogen-bond donors (Lipinski definition) is 1. The Kier molecular flexibility index (Phi) is 1.81. The molecular formula is C10H13N3O2. The second-order valence-electron chi connectivity index (χ2n) is 4.45. The number of carboxylic acids is 1. The number of aliphatic carboxylic acids is 1. The van der Waals surface area contributed by atoms with Gasteiger partial charge in [0.25, 0.3) is 0 Å². The largest absolute Gasteiger partial charge is 0.481 e. The molecule has 0 amide bonds. The molecule has 0 radical (unpaired) electrons. The molecule has 2 aliphatic carbocycles. The highest BCUT2D eigenvalue weighted by molar-refractivity contribution is 5.71. The molecule has 2 fully saturated rings. The average molecular weight is 207 g/mol. The van der Waals surface area contributed by atoms with Gasteiger partial charge < -0.3 is 5.11 Å². The molecule has 2 atom stereocenters. The second-order valence-corrected chi connectivity index (χ2v) is 4.45. The fourth-order valence-electron chi connectivity index (χ4n) is 2.06. The van der Waals surface area contributed by atoms with Crippen LogP contribution in [0.5, 0.6) is 0 Å². The van der Waals surface area contributed by atoms with Crippen LogP contribution in [0.2, 0.25) is 0 Å². The Labute approximate surface area is 87.1 Å². The zero-order chi connectivity index (χ0) is 10.4. The predicted molar refractivity (Wildman–Crippen MR) is 51.4 cm³/mol. The molecule has 1 N–H and O–H groups in total. The maximum Gasteiger partial charge on any atom is 0.308 e. The third kappa shape index (κ3) is 1.42. The Hall–Kier alpha value is -1.39. The number of rotatable bonds is 3. The predicted octanol–water partition coefficient (Wildman–Crippen LogP) is 1.19. The van der Waals surface area contributed by atoms with E-state index in [-0.39, 0.29) is 12.0 Å². The van der Waals surface area contributed by atoms with Crippen LogP contribution >= 0.6 is 0 Å². The number of hydrogen-bond acceptors (Lipinski definition) is 3. The van der Waals surface area contributed by atoms with Gasteiger partial charge >= 0.3 is 5.97 Å². The van der Waals surface area contributed by atoms with Crippen LogP contribution in [-0.4, -0.2) is 25.8 Å². The molecule has 5 heteroatoms. The summed E-state index contributed by atoms with van der Waals surface area (Å²) in [6, 6.07) is 0.0301. The molecule has 15 heavy (non-hydrogen) atoms. The van der Waals surface area contributed by atoms with Crippen molar-refractivity contribution in [2.75, 3.05) is 0 Å². The molecule has 3 rings (SSSR count). The lowest BCUT2D eigenvalue weighted by atomic mass is 9.80. The van der Waals surface area contributed by atoms with Crippen molar-refractivity contribution in [3.63, 3.8) is 0 Å². The Morgan fingerprint density at radius 1 is 1.40 bits per heavy atom. The summed E-state index contributed by atoms with van der Waals surface area (Å²) in [5.41, 5.74) is 0. The van der Waals surface area contributed by atoms with Crippen LogP contribution in [0.15, 0.2) is 6.33 Å². The second kappa shape index (κ2) is 3.05. The van der Waals surface area contributed by atoms with Gasteiger partial charge in [-0.15, -0.1) is 0 Å². The summed E-state index contributed by atoms with van der Waals surface area (Å²) in [6.45, 7) is 0. The smallest absolute Gasteiger partial charge is 0.308 e. The van der Waals surface area contributed by atoms with Gasteiger partial charge in [-0.25, -0.2) is 9.67 Å². The van der Waals surface area contributed by atoms with Crippen molar-refractivity contribution in [1.29, 1.82) is 0 Å². The Morgan fingerprint density at radius 3 is 2.73 bits per heavy atom. The van der Waals surface area contributed by atoms with E-state index < -0.39 is 5.97 Å². The van der Waals surface area contributed by atoms with E-state index in [2.05, 4.69) is 10.1 Å². The van der Waals surface area contributed by atoms with E-state index in [9.17, 15) is 4.79 Å². The first-order chi connectivity index (χ1) is 7.25. The maximum atomic E-state index is 10.9. The standard InChI is InChI=1S/C10H13N3O2/c14-10(15)7-3-4-8(7)13-5-11-9(12-13)6-1-2-6/h5-8H,1-4H2,(H,14,15). The molecule has 2 aliphatic rings. The molecule has 1 heterocycles. The van der Waals surface area contributed by atoms with Crippen molar-refractivity contribution in [2.45, 2.75) is 37.6 Å². The van der Waals surface area contributed by atoms with Crippen LogP contribution in [-0.2, 0) is 4.79 Å². The van der Waals surface area contributed by atoms with Crippen molar-refractivity contribution in [2.24, 2.45) is 5.92 Å². The molecule has 1 aromatic heterocycles. The molecule has 0 spiro atoms. The van der Waals surface area contributed by atoms with Crippen molar-refractivity contribution < 1.29 is 9.90 Å². The van der Waals surface area contributed by atoms with E-state index in [1.165, 1.54) is 12.8 Å². The summed E-state index contributed by atoms with van der Waals surface area (Å²) in [5.74, 6) is 0.453. The molecule has 80 valence electrons. The fraction of sp³-hybridized carbons (Fsp3) is 0.700. The first-order valence-corrected chi connectivity index (χ1v) is 5.39. The van der Waals surface area contributed by atoms with Crippen LogP contribution in [0.3, 0.4) is 0 Å². The highest BCUT2D eigenvalue weighted by Gasteiger charge is 2.39. The quantitative estimate of drug-likeness (QED) is 0.808. The SMILES string of the molecule is O=C(O)C1CCC1n1cnc(C2CC2)n1. The Balaban J connectivity index is 1.77. The number of aromatic nitrogens is 3. The highest BCUT2D eigenvalue weighted by atomic mass is 16.4. The molecule has 1 aromatic rings. The minimum Gasteiger partial charge on any atom is -0.481 e. The van der Waals surface area contributed by atoms with Gasteiger partial charge in [0.05, 0.1) is 12.0 Å². The van der Waals surface area contributed by atoms with Crippen LogP contribution < -0.4 is 0 Å². The minimum absolute atomic E-state index is 0.0301. The van der Waals surface area contributed by atoms with Gasteiger partial charge in [-0.3, -0.25) is 4.79 Å². The minimum atomic E-state index is -0.713. The fourth-order valence-corrected chi connectivity index (χ4v) is 2.06. The van der Waals surface area contributed by atoms with E-state index in [4.69, 9.17) is 5.11 Å². The van der Waals surface area contributed by atoms with Crippen LogP contribution in [0.1, 0.15) is 43.5 Å². The number of nitrogens with zero attached hydrogens (tertiary/aromatic N) is 3. The molecular weight excluding hydrogens is 194 g/mol. The third-order valence-corrected chi connectivity index (χ3v) is 3.36. The van der Waals surface area contributed by atoms with E-state index in [0.29, 0.717) is 5.92 Å². The molecule has 5 nitrogen and oxygen atoms in total. The van der Waals surface area contributed by atoms with Crippen molar-refractivity contribution in [3.8, 4) is 0 Å². The molecule has 0 bridgehead atoms. The number of carboxylic acid groups (broad SMARTS) is 1. The zero-order valence-electron chi connectivity index (χ0n) is 8.33. The summed E-state index contributed by atoms with van der Waals surface area (Å²) in [4.78, 5) is 15.1. The molecule has 0 saturated heterocycles. The summed E-state index contributed by atoms with van der Waals surface area (Å²) in [7, 11) is 0. The van der Waals surface area contributed by atoms with Gasteiger partial charge in [0, 0.05) is 5.92 Å². The van der Waals surface area contributed by atoms with Crippen LogP contribution in [0, 0.1) is 5.92 Å². The summed E-state index contributed by atoms with van der Waals surface area (Å²) in [6.07, 6.45) is 5.71. The van der Waals surface area contributed by atoms with Gasteiger partial charge in [-0.1, -0.05) is 0 Å². The molecule has 2 unspecified atom stereocenters. The van der Waals surface area contributed by atoms with Crippen LogP contribution in [0.4, 0.5) is 0 Å². The topological polar surface area (TPSA) is 68.0 Å². The van der Waals surface area contributed by atoms with Crippen molar-refractivity contribution >= 4 is 5.97 Å². The number of carbonyl (C=O) groups is 1.